The number of carbonyl (C=O) groups excluding carboxylic acids is 1. The molecule has 0 aliphatic carbocycles. The van der Waals surface area contributed by atoms with Gasteiger partial charge in [-0.05, 0) is 36.4 Å². The summed E-state index contributed by atoms with van der Waals surface area (Å²) in [7, 11) is 0. The van der Waals surface area contributed by atoms with E-state index in [1.165, 1.54) is 17.3 Å². The number of anilines is 1. The van der Waals surface area contributed by atoms with Gasteiger partial charge in [0.1, 0.15) is 18.2 Å². The summed E-state index contributed by atoms with van der Waals surface area (Å²) in [5.41, 5.74) is 3.47. The number of benzene rings is 2. The van der Waals surface area contributed by atoms with Crippen LogP contribution in [0.2, 0.25) is 0 Å². The molecule has 2 N–H and O–H groups in total. The average molecular weight is 407 g/mol. The van der Waals surface area contributed by atoms with Gasteiger partial charge >= 0.3 is 0 Å². The maximum Gasteiger partial charge on any atom is 0.257 e. The van der Waals surface area contributed by atoms with Crippen molar-refractivity contribution in [1.82, 2.24) is 9.97 Å². The molecule has 1 aliphatic heterocycles. The van der Waals surface area contributed by atoms with Crippen LogP contribution in [0.25, 0.3) is 0 Å². The summed E-state index contributed by atoms with van der Waals surface area (Å²) in [6.45, 7) is 2.53. The molecule has 0 saturated carbocycles. The van der Waals surface area contributed by atoms with E-state index in [1.807, 2.05) is 42.7 Å². The van der Waals surface area contributed by atoms with Crippen molar-refractivity contribution in [2.45, 2.75) is 31.0 Å². The zero-order chi connectivity index (χ0) is 20.4. The molecule has 3 aromatic rings. The van der Waals surface area contributed by atoms with Crippen LogP contribution < -0.4 is 15.6 Å². The molecule has 148 valence electrons. The Hall–Kier alpha value is -3.06. The monoisotopic (exact) mass is 407 g/mol. The highest BCUT2D eigenvalue weighted by Gasteiger charge is 2.30. The Morgan fingerprint density at radius 2 is 1.83 bits per heavy atom. The normalized spacial score (nSPS) is 15.5. The number of fused-ring (bicyclic) bond motifs is 1. The van der Waals surface area contributed by atoms with Gasteiger partial charge in [0.05, 0.1) is 5.56 Å². The van der Waals surface area contributed by atoms with Crippen molar-refractivity contribution in [1.29, 1.82) is 0 Å². The van der Waals surface area contributed by atoms with Crippen LogP contribution in [0.5, 0.6) is 5.75 Å². The number of H-pyrrole nitrogens is 1. The largest absolute Gasteiger partial charge is 0.489 e. The summed E-state index contributed by atoms with van der Waals surface area (Å²) in [5, 5.41) is 3.20. The van der Waals surface area contributed by atoms with Crippen molar-refractivity contribution in [2.24, 2.45) is 0 Å². The third kappa shape index (κ3) is 4.19. The molecule has 1 aromatic heterocycles. The molecule has 0 fully saturated rings. The SMILES string of the molecule is CSc1nc2c(c(=O)[nH]1)C(c1ccc(OCc3ccc(C)cc3)cc1)CC(=O)N2. The molecule has 29 heavy (non-hydrogen) atoms. The Morgan fingerprint density at radius 3 is 2.52 bits per heavy atom. The fourth-order valence-electron chi connectivity index (χ4n) is 3.38. The van der Waals surface area contributed by atoms with Gasteiger partial charge in [-0.3, -0.25) is 9.59 Å². The van der Waals surface area contributed by atoms with Crippen molar-refractivity contribution in [3.63, 3.8) is 0 Å². The molecule has 0 saturated heterocycles. The first-order chi connectivity index (χ1) is 14.0. The lowest BCUT2D eigenvalue weighted by Crippen LogP contribution is -2.31. The van der Waals surface area contributed by atoms with Crippen molar-refractivity contribution >= 4 is 23.5 Å². The van der Waals surface area contributed by atoms with Gasteiger partial charge < -0.3 is 15.0 Å². The zero-order valence-electron chi connectivity index (χ0n) is 16.2. The minimum atomic E-state index is -0.336. The summed E-state index contributed by atoms with van der Waals surface area (Å²) in [6.07, 6.45) is 2.03. The van der Waals surface area contributed by atoms with E-state index in [1.54, 1.807) is 0 Å². The molecular formula is C22H21N3O3S. The molecular weight excluding hydrogens is 386 g/mol. The molecule has 0 spiro atoms. The molecule has 1 amide bonds. The second kappa shape index (κ2) is 8.13. The van der Waals surface area contributed by atoms with Gasteiger partial charge in [0, 0.05) is 12.3 Å². The molecule has 7 heteroatoms. The number of ether oxygens (including phenoxy) is 1. The molecule has 2 heterocycles. The minimum absolute atomic E-state index is 0.146. The van der Waals surface area contributed by atoms with Gasteiger partial charge in [0.25, 0.3) is 5.56 Å². The van der Waals surface area contributed by atoms with E-state index in [9.17, 15) is 9.59 Å². The number of rotatable bonds is 5. The molecule has 1 atom stereocenters. The molecule has 6 nitrogen and oxygen atoms in total. The average Bonchev–Trinajstić information content (AvgIpc) is 2.72. The maximum absolute atomic E-state index is 12.6. The van der Waals surface area contributed by atoms with Gasteiger partial charge in [0.15, 0.2) is 5.16 Å². The molecule has 4 rings (SSSR count). The van der Waals surface area contributed by atoms with Crippen molar-refractivity contribution < 1.29 is 9.53 Å². The minimum Gasteiger partial charge on any atom is -0.489 e. The lowest BCUT2D eigenvalue weighted by Gasteiger charge is -2.24. The van der Waals surface area contributed by atoms with Gasteiger partial charge in [0.2, 0.25) is 5.91 Å². The predicted octanol–water partition coefficient (Wildman–Crippen LogP) is 3.85. The van der Waals surface area contributed by atoms with Gasteiger partial charge in [-0.2, -0.15) is 0 Å². The van der Waals surface area contributed by atoms with E-state index >= 15 is 0 Å². The van der Waals surface area contributed by atoms with E-state index in [4.69, 9.17) is 4.74 Å². The van der Waals surface area contributed by atoms with Gasteiger partial charge in [-0.1, -0.05) is 53.7 Å². The zero-order valence-corrected chi connectivity index (χ0v) is 17.0. The highest BCUT2D eigenvalue weighted by Crippen LogP contribution is 2.35. The highest BCUT2D eigenvalue weighted by molar-refractivity contribution is 7.98. The van der Waals surface area contributed by atoms with E-state index in [0.717, 1.165) is 16.9 Å². The van der Waals surface area contributed by atoms with E-state index in [2.05, 4.69) is 34.3 Å². The molecule has 1 aliphatic rings. The number of thioether (sulfide) groups is 1. The summed E-state index contributed by atoms with van der Waals surface area (Å²) in [4.78, 5) is 31.9. The van der Waals surface area contributed by atoms with E-state index < -0.39 is 0 Å². The summed E-state index contributed by atoms with van der Waals surface area (Å²) >= 11 is 1.33. The van der Waals surface area contributed by atoms with Crippen LogP contribution in [0.1, 0.15) is 34.6 Å². The lowest BCUT2D eigenvalue weighted by atomic mass is 9.87. The van der Waals surface area contributed by atoms with Crippen LogP contribution in [0.15, 0.2) is 58.5 Å². The van der Waals surface area contributed by atoms with Crippen LogP contribution in [-0.2, 0) is 11.4 Å². The Bertz CT molecular complexity index is 1090. The fraction of sp³-hybridized carbons (Fsp3) is 0.227. The van der Waals surface area contributed by atoms with Crippen molar-refractivity contribution in [3.8, 4) is 5.75 Å². The Morgan fingerprint density at radius 1 is 1.10 bits per heavy atom. The van der Waals surface area contributed by atoms with Crippen LogP contribution in [0, 0.1) is 6.92 Å². The molecule has 1 unspecified atom stereocenters. The molecule has 0 radical (unpaired) electrons. The fourth-order valence-corrected chi connectivity index (χ4v) is 3.76. The quantitative estimate of drug-likeness (QED) is 0.496. The smallest absolute Gasteiger partial charge is 0.257 e. The number of amides is 1. The lowest BCUT2D eigenvalue weighted by molar-refractivity contribution is -0.116. The first kappa shape index (κ1) is 19.3. The number of hydrogen-bond donors (Lipinski definition) is 2. The third-order valence-corrected chi connectivity index (χ3v) is 5.51. The number of nitrogens with zero attached hydrogens (tertiary/aromatic N) is 1. The number of carbonyl (C=O) groups is 1. The third-order valence-electron chi connectivity index (χ3n) is 4.93. The Kier molecular flexibility index (Phi) is 5.40. The molecule has 2 aromatic carbocycles. The van der Waals surface area contributed by atoms with Crippen LogP contribution in [-0.4, -0.2) is 22.1 Å². The molecule has 0 bridgehead atoms. The second-order valence-electron chi connectivity index (χ2n) is 6.99. The summed E-state index contributed by atoms with van der Waals surface area (Å²) < 4.78 is 5.86. The Balaban J connectivity index is 1.55. The van der Waals surface area contributed by atoms with Crippen LogP contribution in [0.4, 0.5) is 5.82 Å². The number of aryl methyl sites for hydroxylation is 1. The predicted molar refractivity (Wildman–Crippen MR) is 114 cm³/mol. The number of aromatic nitrogens is 2. The maximum atomic E-state index is 12.6. The first-order valence-electron chi connectivity index (χ1n) is 9.30. The standard InChI is InChI=1S/C22H21N3O3S/c1-13-3-5-14(6-4-13)12-28-16-9-7-15(8-10-16)17-11-18(26)23-20-19(17)21(27)25-22(24-20)29-2/h3-10,17H,11-12H2,1-2H3,(H2,23,24,25,26,27). The van der Waals surface area contributed by atoms with Crippen LogP contribution >= 0.6 is 11.8 Å². The van der Waals surface area contributed by atoms with Gasteiger partial charge in [-0.25, -0.2) is 4.98 Å². The van der Waals surface area contributed by atoms with E-state index in [-0.39, 0.29) is 23.8 Å². The van der Waals surface area contributed by atoms with E-state index in [0.29, 0.717) is 23.1 Å². The summed E-state index contributed by atoms with van der Waals surface area (Å²) in [6, 6.07) is 15.7. The number of hydrogen-bond acceptors (Lipinski definition) is 5. The first-order valence-corrected chi connectivity index (χ1v) is 10.5. The van der Waals surface area contributed by atoms with Crippen molar-refractivity contribution in [3.05, 3.63) is 81.1 Å². The number of aromatic amines is 1. The number of nitrogens with one attached hydrogen (secondary N) is 2. The van der Waals surface area contributed by atoms with Gasteiger partial charge in [-0.15, -0.1) is 0 Å². The Labute approximate surface area is 172 Å². The summed E-state index contributed by atoms with van der Waals surface area (Å²) in [5.74, 6) is 0.600. The topological polar surface area (TPSA) is 84.1 Å². The van der Waals surface area contributed by atoms with Crippen LogP contribution in [0.3, 0.4) is 0 Å². The second-order valence-corrected chi connectivity index (χ2v) is 7.78. The highest BCUT2D eigenvalue weighted by atomic mass is 32.2. The van der Waals surface area contributed by atoms with Crippen molar-refractivity contribution in [2.75, 3.05) is 11.6 Å².